The quantitative estimate of drug-likeness (QED) is 0.772. The van der Waals surface area contributed by atoms with E-state index in [0.29, 0.717) is 13.2 Å². The molecule has 2 fully saturated rings. The lowest BCUT2D eigenvalue weighted by molar-refractivity contribution is -0.126. The van der Waals surface area contributed by atoms with Crippen molar-refractivity contribution in [3.05, 3.63) is 29.8 Å². The number of amides is 3. The highest BCUT2D eigenvalue weighted by atomic mass is 16.6. The van der Waals surface area contributed by atoms with Gasteiger partial charge in [-0.15, -0.1) is 0 Å². The fourth-order valence-electron chi connectivity index (χ4n) is 4.52. The van der Waals surface area contributed by atoms with Gasteiger partial charge < -0.3 is 20.1 Å². The van der Waals surface area contributed by atoms with Crippen LogP contribution in [0.25, 0.3) is 0 Å². The number of ether oxygens (including phenoxy) is 2. The van der Waals surface area contributed by atoms with Gasteiger partial charge in [-0.1, -0.05) is 18.2 Å². The summed E-state index contributed by atoms with van der Waals surface area (Å²) in [6.45, 7) is 6.66. The molecule has 0 bridgehead atoms. The van der Waals surface area contributed by atoms with E-state index in [1.54, 1.807) is 20.8 Å². The maximum absolute atomic E-state index is 13.2. The van der Waals surface area contributed by atoms with Crippen molar-refractivity contribution in [1.82, 2.24) is 10.2 Å². The molecule has 162 valence electrons. The lowest BCUT2D eigenvalue weighted by atomic mass is 9.79. The second-order valence-corrected chi connectivity index (χ2v) is 9.31. The van der Waals surface area contributed by atoms with Crippen molar-refractivity contribution in [3.63, 3.8) is 0 Å². The van der Waals surface area contributed by atoms with E-state index in [2.05, 4.69) is 10.6 Å². The van der Waals surface area contributed by atoms with E-state index in [4.69, 9.17) is 9.47 Å². The van der Waals surface area contributed by atoms with Gasteiger partial charge in [0, 0.05) is 31.5 Å². The van der Waals surface area contributed by atoms with Gasteiger partial charge in [-0.05, 0) is 51.7 Å². The van der Waals surface area contributed by atoms with Crippen LogP contribution >= 0.6 is 0 Å². The second-order valence-electron chi connectivity index (χ2n) is 9.31. The summed E-state index contributed by atoms with van der Waals surface area (Å²) in [7, 11) is 0. The molecule has 2 saturated heterocycles. The number of carbonyl (C=O) groups is 3. The van der Waals surface area contributed by atoms with Crippen molar-refractivity contribution in [1.29, 1.82) is 0 Å². The molecule has 0 unspecified atom stereocenters. The van der Waals surface area contributed by atoms with E-state index in [-0.39, 0.29) is 30.8 Å². The molecule has 3 heterocycles. The number of nitrogens with one attached hydrogen (secondary N) is 2. The van der Waals surface area contributed by atoms with E-state index in [0.717, 1.165) is 24.1 Å². The summed E-state index contributed by atoms with van der Waals surface area (Å²) >= 11 is 0. The van der Waals surface area contributed by atoms with Crippen molar-refractivity contribution in [2.45, 2.75) is 63.1 Å². The lowest BCUT2D eigenvalue weighted by Gasteiger charge is -2.30. The average molecular weight is 415 g/mol. The second kappa shape index (κ2) is 7.58. The molecule has 2 atom stereocenters. The van der Waals surface area contributed by atoms with Gasteiger partial charge >= 0.3 is 6.09 Å². The zero-order valence-electron chi connectivity index (χ0n) is 17.7. The first-order valence-electron chi connectivity index (χ1n) is 10.5. The van der Waals surface area contributed by atoms with Crippen LogP contribution < -0.4 is 10.6 Å². The van der Waals surface area contributed by atoms with Crippen LogP contribution in [0.1, 0.15) is 45.6 Å². The number of hydrogen-bond donors (Lipinski definition) is 2. The van der Waals surface area contributed by atoms with Gasteiger partial charge in [-0.25, -0.2) is 4.79 Å². The zero-order chi connectivity index (χ0) is 21.5. The van der Waals surface area contributed by atoms with E-state index in [1.165, 1.54) is 4.90 Å². The molecule has 0 radical (unpaired) electrons. The first kappa shape index (κ1) is 20.7. The van der Waals surface area contributed by atoms with Crippen molar-refractivity contribution in [2.24, 2.45) is 0 Å². The minimum absolute atomic E-state index is 0.00739. The van der Waals surface area contributed by atoms with E-state index in [1.807, 2.05) is 24.3 Å². The third-order valence-corrected chi connectivity index (χ3v) is 5.98. The Bertz CT molecular complexity index is 859. The van der Waals surface area contributed by atoms with Gasteiger partial charge in [-0.3, -0.25) is 14.5 Å². The largest absolute Gasteiger partial charge is 0.444 e. The monoisotopic (exact) mass is 415 g/mol. The van der Waals surface area contributed by atoms with Gasteiger partial charge in [0.25, 0.3) is 0 Å². The molecular weight excluding hydrogens is 386 g/mol. The molecule has 4 rings (SSSR count). The van der Waals surface area contributed by atoms with Crippen LogP contribution in [-0.4, -0.2) is 60.3 Å². The standard InChI is InChI=1S/C22H29N3O5/c1-21(2,3)30-20(28)25-13-22(15-6-4-5-7-16(15)24-19(22)27)12-17(25)18(26)23-14-8-10-29-11-9-14/h4-7,14,17H,8-13H2,1-3H3,(H,23,26)(H,24,27)/t17-,22-/m1/s1. The summed E-state index contributed by atoms with van der Waals surface area (Å²) < 4.78 is 10.9. The minimum atomic E-state index is -0.953. The number of rotatable bonds is 2. The zero-order valence-corrected chi connectivity index (χ0v) is 17.7. The molecule has 0 saturated carbocycles. The van der Waals surface area contributed by atoms with Crippen molar-refractivity contribution >= 4 is 23.6 Å². The number of likely N-dealkylation sites (tertiary alicyclic amines) is 1. The first-order valence-corrected chi connectivity index (χ1v) is 10.5. The van der Waals surface area contributed by atoms with Crippen LogP contribution in [0.3, 0.4) is 0 Å². The van der Waals surface area contributed by atoms with Crippen LogP contribution in [0.15, 0.2) is 24.3 Å². The molecule has 0 aliphatic carbocycles. The maximum Gasteiger partial charge on any atom is 0.411 e. The van der Waals surface area contributed by atoms with Gasteiger partial charge in [0.05, 0.1) is 5.41 Å². The molecule has 30 heavy (non-hydrogen) atoms. The van der Waals surface area contributed by atoms with Crippen LogP contribution in [0.4, 0.5) is 10.5 Å². The topological polar surface area (TPSA) is 97.0 Å². The van der Waals surface area contributed by atoms with Crippen molar-refractivity contribution < 1.29 is 23.9 Å². The highest BCUT2D eigenvalue weighted by molar-refractivity contribution is 6.08. The number of fused-ring (bicyclic) bond motifs is 2. The highest BCUT2D eigenvalue weighted by Gasteiger charge is 2.58. The van der Waals surface area contributed by atoms with Gasteiger partial charge in [0.2, 0.25) is 11.8 Å². The van der Waals surface area contributed by atoms with Crippen molar-refractivity contribution in [3.8, 4) is 0 Å². The summed E-state index contributed by atoms with van der Waals surface area (Å²) in [6.07, 6.45) is 1.12. The molecule has 1 aromatic carbocycles. The fourth-order valence-corrected chi connectivity index (χ4v) is 4.52. The maximum atomic E-state index is 13.2. The SMILES string of the molecule is CC(C)(C)OC(=O)N1C[C@@]2(C[C@@H]1C(=O)NC1CCOCC1)C(=O)Nc1ccccc12. The summed E-state index contributed by atoms with van der Waals surface area (Å²) in [5, 5.41) is 5.97. The van der Waals surface area contributed by atoms with Gasteiger partial charge in [0.15, 0.2) is 0 Å². The smallest absolute Gasteiger partial charge is 0.411 e. The first-order chi connectivity index (χ1) is 14.2. The number of hydrogen-bond acceptors (Lipinski definition) is 5. The van der Waals surface area contributed by atoms with E-state index < -0.39 is 23.2 Å². The van der Waals surface area contributed by atoms with E-state index in [9.17, 15) is 14.4 Å². The summed E-state index contributed by atoms with van der Waals surface area (Å²) in [6, 6.07) is 6.68. The summed E-state index contributed by atoms with van der Waals surface area (Å²) in [5.74, 6) is -0.430. The highest BCUT2D eigenvalue weighted by Crippen LogP contribution is 2.46. The number of carbonyl (C=O) groups excluding carboxylic acids is 3. The Kier molecular flexibility index (Phi) is 5.22. The normalized spacial score (nSPS) is 26.4. The Hall–Kier alpha value is -2.61. The molecule has 1 spiro atoms. The average Bonchev–Trinajstić information content (AvgIpc) is 3.22. The third-order valence-electron chi connectivity index (χ3n) is 5.98. The molecular formula is C22H29N3O5. The molecule has 1 aromatic rings. The predicted octanol–water partition coefficient (Wildman–Crippen LogP) is 2.18. The van der Waals surface area contributed by atoms with Crippen LogP contribution in [0.5, 0.6) is 0 Å². The number of anilines is 1. The summed E-state index contributed by atoms with van der Waals surface area (Å²) in [4.78, 5) is 40.7. The Morgan fingerprint density at radius 1 is 1.23 bits per heavy atom. The Morgan fingerprint density at radius 3 is 2.63 bits per heavy atom. The molecule has 3 aliphatic heterocycles. The Morgan fingerprint density at radius 2 is 1.93 bits per heavy atom. The fraction of sp³-hybridized carbons (Fsp3) is 0.591. The minimum Gasteiger partial charge on any atom is -0.444 e. The van der Waals surface area contributed by atoms with Crippen LogP contribution in [-0.2, 0) is 24.5 Å². The molecule has 3 amide bonds. The lowest BCUT2D eigenvalue weighted by Crippen LogP contribution is -2.50. The molecule has 8 heteroatoms. The predicted molar refractivity (Wildman–Crippen MR) is 110 cm³/mol. The van der Waals surface area contributed by atoms with Gasteiger partial charge in [-0.2, -0.15) is 0 Å². The van der Waals surface area contributed by atoms with E-state index >= 15 is 0 Å². The van der Waals surface area contributed by atoms with Crippen molar-refractivity contribution in [2.75, 3.05) is 25.1 Å². The molecule has 3 aliphatic rings. The Labute approximate surface area is 176 Å². The number of benzene rings is 1. The Balaban J connectivity index is 1.63. The molecule has 0 aromatic heterocycles. The van der Waals surface area contributed by atoms with Crippen LogP contribution in [0.2, 0.25) is 0 Å². The number of para-hydroxylation sites is 1. The van der Waals surface area contributed by atoms with Crippen LogP contribution in [0, 0.1) is 0 Å². The molecule has 2 N–H and O–H groups in total. The molecule has 8 nitrogen and oxygen atoms in total. The number of nitrogens with zero attached hydrogens (tertiary/aromatic N) is 1. The third kappa shape index (κ3) is 3.76. The summed E-state index contributed by atoms with van der Waals surface area (Å²) in [5.41, 5.74) is -0.0997. The van der Waals surface area contributed by atoms with Gasteiger partial charge in [0.1, 0.15) is 11.6 Å².